The number of aryl methyl sites for hydroxylation is 1. The molecule has 2 aromatic heterocycles. The molecule has 0 saturated carbocycles. The van der Waals surface area contributed by atoms with Crippen LogP contribution in [0.4, 0.5) is 10.1 Å². The number of azo groups is 2. The van der Waals surface area contributed by atoms with Crippen molar-refractivity contribution in [3.05, 3.63) is 89.2 Å². The van der Waals surface area contributed by atoms with Crippen LogP contribution in [0.3, 0.4) is 0 Å². The second-order valence-electron chi connectivity index (χ2n) is 8.83. The first-order chi connectivity index (χ1) is 20.5. The summed E-state index contributed by atoms with van der Waals surface area (Å²) in [6.45, 7) is 1.75. The average molecular weight is 721 g/mol. The van der Waals surface area contributed by atoms with E-state index in [4.69, 9.17) is 23.7 Å². The minimum atomic E-state index is -0.358. The van der Waals surface area contributed by atoms with Gasteiger partial charge in [0.2, 0.25) is 10.2 Å². The Morgan fingerprint density at radius 3 is 2.00 bits per heavy atom. The zero-order valence-corrected chi connectivity index (χ0v) is 27.9. The number of rotatable bonds is 4. The quantitative estimate of drug-likeness (QED) is 0.0970. The second kappa shape index (κ2) is 15.9. The molecule has 2 heterocycles. The zero-order valence-electron chi connectivity index (χ0n) is 23.4. The fraction of sp³-hybridized carbons (Fsp3) is 0.103. The molecule has 0 fully saturated rings. The zero-order chi connectivity index (χ0) is 31.5. The van der Waals surface area contributed by atoms with Gasteiger partial charge in [0, 0.05) is 27.4 Å². The van der Waals surface area contributed by atoms with Gasteiger partial charge in [0.25, 0.3) is 0 Å². The van der Waals surface area contributed by atoms with Crippen molar-refractivity contribution in [2.24, 2.45) is 31.9 Å². The first-order valence-corrected chi connectivity index (χ1v) is 19.1. The molecule has 10 nitrogen and oxygen atoms in total. The molecule has 0 unspecified atom stereocenters. The number of nitrogens with zero attached hydrogens (tertiary/aromatic N) is 4. The molecule has 0 amide bonds. The van der Waals surface area contributed by atoms with Gasteiger partial charge in [-0.3, -0.25) is 0 Å². The maximum atomic E-state index is 13.4. The first kappa shape index (κ1) is 33.3. The molecule has 0 saturated heterocycles. The predicted molar refractivity (Wildman–Crippen MR) is 175 cm³/mol. The van der Waals surface area contributed by atoms with Gasteiger partial charge < -0.3 is 31.6 Å². The summed E-state index contributed by atoms with van der Waals surface area (Å²) in [5.41, 5.74) is 14.3. The van der Waals surface area contributed by atoms with E-state index in [0.29, 0.717) is 27.8 Å². The van der Waals surface area contributed by atoms with Crippen LogP contribution in [0.1, 0.15) is 16.7 Å². The van der Waals surface area contributed by atoms with E-state index in [2.05, 4.69) is 52.5 Å². The van der Waals surface area contributed by atoms with E-state index >= 15 is 0 Å². The molecule has 5 aromatic rings. The Labute approximate surface area is 268 Å². The van der Waals surface area contributed by atoms with Gasteiger partial charge in [-0.15, -0.1) is 20.5 Å². The molecule has 14 heteroatoms. The molecule has 3 aromatic carbocycles. The fourth-order valence-electron chi connectivity index (χ4n) is 3.90. The molecule has 0 aliphatic heterocycles. The molecule has 43 heavy (non-hydrogen) atoms. The molecular formula is C29H27FN8O2S2Sn. The van der Waals surface area contributed by atoms with Crippen LogP contribution in [0.2, 0.25) is 9.88 Å². The van der Waals surface area contributed by atoms with Gasteiger partial charge in [0.1, 0.15) is 11.5 Å². The number of fused-ring (bicyclic) bond motifs is 2. The average Bonchev–Trinajstić information content (AvgIpc) is 3.45. The number of H-pyrrole nitrogens is 2. The topological polar surface area (TPSA) is 179 Å². The minimum absolute atomic E-state index is 0.0975. The number of hydrogen-bond acceptors (Lipinski definition) is 6. The monoisotopic (exact) mass is 722 g/mol. The van der Waals surface area contributed by atoms with Crippen LogP contribution in [-0.2, 0) is 0 Å². The summed E-state index contributed by atoms with van der Waals surface area (Å²) in [5.74, 6) is -0.899. The van der Waals surface area contributed by atoms with Crippen LogP contribution in [0.5, 0.6) is 11.8 Å². The van der Waals surface area contributed by atoms with Crippen molar-refractivity contribution in [2.75, 3.05) is 0 Å². The molecule has 218 valence electrons. The molecule has 6 N–H and O–H groups in total. The number of halogens is 1. The van der Waals surface area contributed by atoms with Gasteiger partial charge in [-0.05, 0) is 90.7 Å². The summed E-state index contributed by atoms with van der Waals surface area (Å²) >= 11 is 9.50. The van der Waals surface area contributed by atoms with Gasteiger partial charge in [0.15, 0.2) is 0 Å². The Morgan fingerprint density at radius 1 is 0.837 bits per heavy atom. The van der Waals surface area contributed by atoms with E-state index < -0.39 is 0 Å². The number of benzene rings is 3. The van der Waals surface area contributed by atoms with Crippen molar-refractivity contribution in [2.45, 2.75) is 16.8 Å². The van der Waals surface area contributed by atoms with Crippen molar-refractivity contribution >= 4 is 95.1 Å². The van der Waals surface area contributed by atoms with E-state index in [1.807, 2.05) is 36.4 Å². The molecule has 5 rings (SSSR count). The van der Waals surface area contributed by atoms with Gasteiger partial charge >= 0.3 is 31.0 Å². The Hall–Kier alpha value is -4.21. The van der Waals surface area contributed by atoms with Crippen LogP contribution in [0, 0.1) is 12.7 Å². The second-order valence-corrected chi connectivity index (χ2v) is 12.5. The number of aromatic nitrogens is 2. The van der Waals surface area contributed by atoms with E-state index in [9.17, 15) is 14.6 Å². The van der Waals surface area contributed by atoms with E-state index in [1.54, 1.807) is 31.2 Å². The van der Waals surface area contributed by atoms with Crippen LogP contribution in [0.25, 0.3) is 33.6 Å². The third-order valence-corrected chi connectivity index (χ3v) is 5.77. The van der Waals surface area contributed by atoms with Crippen molar-refractivity contribution in [3.8, 4) is 11.8 Å². The molecule has 0 aliphatic rings. The number of aromatic amines is 2. The van der Waals surface area contributed by atoms with Crippen LogP contribution >= 0.6 is 24.4 Å². The van der Waals surface area contributed by atoms with Crippen LogP contribution < -0.4 is 21.7 Å². The number of hydrogen-bond donors (Lipinski definition) is 4. The summed E-state index contributed by atoms with van der Waals surface area (Å²) in [6.07, 6.45) is 1.60. The molecule has 0 bridgehead atoms. The summed E-state index contributed by atoms with van der Waals surface area (Å²) < 4.78 is 13.4. The Bertz CT molecular complexity index is 1850. The van der Waals surface area contributed by atoms with E-state index in [1.165, 1.54) is 12.1 Å². The maximum absolute atomic E-state index is 13.4. The summed E-state index contributed by atoms with van der Waals surface area (Å²) in [7, 11) is 0. The number of para-hydroxylation sites is 2. The van der Waals surface area contributed by atoms with E-state index in [-0.39, 0.29) is 54.6 Å². The summed E-state index contributed by atoms with van der Waals surface area (Å²) in [4.78, 5) is 10.0. The molecule has 0 spiro atoms. The SMILES string of the molecule is Cc1cc(F)ccc1/C(=C/c1c([O-])[nH]c2ccccc12)N=NC(N)=S.NC(=S)N=Nc1c([O-])[nH]c2ccccc12.[CH3][Sn+2][CH3]. The van der Waals surface area contributed by atoms with Gasteiger partial charge in [-0.2, -0.15) is 0 Å². The molecule has 0 aliphatic carbocycles. The Balaban J connectivity index is 0.000000239. The summed E-state index contributed by atoms with van der Waals surface area (Å²) in [6, 6.07) is 18.8. The normalized spacial score (nSPS) is 11.2. The third-order valence-electron chi connectivity index (χ3n) is 5.61. The number of nitrogens with one attached hydrogen (secondary N) is 2. The van der Waals surface area contributed by atoms with Crippen LogP contribution in [0.15, 0.2) is 87.2 Å². The number of thiocarbonyl (C=S) groups is 2. The Kier molecular flexibility index (Phi) is 12.3. The molecule has 0 radical (unpaired) electrons. The van der Waals surface area contributed by atoms with Gasteiger partial charge in [0.05, 0.1) is 5.70 Å². The summed E-state index contributed by atoms with van der Waals surface area (Å²) in [5, 5.41) is 40.0. The van der Waals surface area contributed by atoms with Crippen LogP contribution in [-0.4, -0.2) is 41.3 Å². The van der Waals surface area contributed by atoms with Crippen molar-refractivity contribution in [1.29, 1.82) is 0 Å². The first-order valence-electron chi connectivity index (χ1n) is 12.6. The predicted octanol–water partition coefficient (Wildman–Crippen LogP) is 6.24. The van der Waals surface area contributed by atoms with Crippen molar-refractivity contribution < 1.29 is 14.6 Å². The molecular weight excluding hydrogens is 694 g/mol. The Morgan fingerprint density at radius 2 is 1.40 bits per heavy atom. The van der Waals surface area contributed by atoms with E-state index in [0.717, 1.165) is 16.4 Å². The standard InChI is InChI=1S/C18H15FN4OS.C9H8N4OS.2CH3.Sn/c1-10-8-11(19)6-7-12(10)16(22-23-18(20)25)9-14-13-4-2-3-5-15(13)21-17(14)24;10-9(15)13-12-7-5-3-1-2-4-6(5)11-8(7)14;;;/h2-9,21,24H,1H3,(H2,20,25);1-4,11,14H,(H2,10,15);2*1H3;/q;;;;+2/p-2/b16-9-,23-22?;;;;. The number of nitrogens with two attached hydrogens (primary N) is 2. The molecule has 0 atom stereocenters. The fourth-order valence-corrected chi connectivity index (χ4v) is 3.98. The third kappa shape index (κ3) is 9.14. The van der Waals surface area contributed by atoms with Gasteiger partial charge in [-0.25, -0.2) is 4.39 Å². The van der Waals surface area contributed by atoms with Gasteiger partial charge in [-0.1, -0.05) is 36.4 Å². The van der Waals surface area contributed by atoms with Crippen molar-refractivity contribution in [1.82, 2.24) is 9.97 Å². The van der Waals surface area contributed by atoms with Crippen molar-refractivity contribution in [3.63, 3.8) is 0 Å².